The van der Waals surface area contributed by atoms with Gasteiger partial charge in [0.25, 0.3) is 0 Å². The van der Waals surface area contributed by atoms with Gasteiger partial charge in [0.15, 0.2) is 0 Å². The van der Waals surface area contributed by atoms with Gasteiger partial charge < -0.3 is 10.6 Å². The van der Waals surface area contributed by atoms with Gasteiger partial charge in [-0.15, -0.1) is 0 Å². The van der Waals surface area contributed by atoms with Gasteiger partial charge in [0.05, 0.1) is 12.2 Å². The molecule has 1 aromatic heterocycles. The van der Waals surface area contributed by atoms with Crippen LogP contribution in [-0.2, 0) is 22.6 Å². The summed E-state index contributed by atoms with van der Waals surface area (Å²) in [7, 11) is 0. The average molecular weight is 332 g/mol. The predicted molar refractivity (Wildman–Crippen MR) is 88.9 cm³/mol. The van der Waals surface area contributed by atoms with Crippen LogP contribution in [0.2, 0.25) is 5.02 Å². The standard InChI is InChI=1S/C17H18ClN3O2/c18-14-6-4-13(5-7-14)8-10-20-16(22)11-17(23)21-12-15-3-1-2-9-19-15/h1-7,9H,8,10-12H2,(H,20,22)(H,21,23). The fraction of sp³-hybridized carbons (Fsp3) is 0.235. The van der Waals surface area contributed by atoms with Crippen molar-refractivity contribution in [3.05, 3.63) is 64.9 Å². The molecule has 120 valence electrons. The van der Waals surface area contributed by atoms with Crippen molar-refractivity contribution in [2.45, 2.75) is 19.4 Å². The Balaban J connectivity index is 1.64. The molecule has 5 nitrogen and oxygen atoms in total. The molecule has 0 fully saturated rings. The largest absolute Gasteiger partial charge is 0.355 e. The van der Waals surface area contributed by atoms with E-state index in [9.17, 15) is 9.59 Å². The number of hydrogen-bond acceptors (Lipinski definition) is 3. The number of pyridine rings is 1. The third-order valence-electron chi connectivity index (χ3n) is 3.16. The van der Waals surface area contributed by atoms with Crippen molar-refractivity contribution in [2.24, 2.45) is 0 Å². The Morgan fingerprint density at radius 1 is 1.00 bits per heavy atom. The zero-order valence-corrected chi connectivity index (χ0v) is 13.3. The molecule has 23 heavy (non-hydrogen) atoms. The first-order valence-electron chi connectivity index (χ1n) is 7.31. The Morgan fingerprint density at radius 3 is 2.43 bits per heavy atom. The van der Waals surface area contributed by atoms with E-state index in [0.29, 0.717) is 24.5 Å². The number of rotatable bonds is 7. The van der Waals surface area contributed by atoms with Crippen molar-refractivity contribution in [1.82, 2.24) is 15.6 Å². The molecule has 2 rings (SSSR count). The summed E-state index contributed by atoms with van der Waals surface area (Å²) in [5, 5.41) is 6.08. The molecule has 0 saturated carbocycles. The topological polar surface area (TPSA) is 71.1 Å². The molecule has 0 saturated heterocycles. The van der Waals surface area contributed by atoms with Gasteiger partial charge in [0, 0.05) is 17.8 Å². The van der Waals surface area contributed by atoms with E-state index in [2.05, 4.69) is 15.6 Å². The zero-order valence-electron chi connectivity index (χ0n) is 12.6. The summed E-state index contributed by atoms with van der Waals surface area (Å²) in [6, 6.07) is 12.9. The monoisotopic (exact) mass is 331 g/mol. The molecule has 2 amide bonds. The number of halogens is 1. The third kappa shape index (κ3) is 6.48. The maximum absolute atomic E-state index is 11.7. The molecule has 2 aromatic rings. The molecule has 0 aliphatic carbocycles. The van der Waals surface area contributed by atoms with E-state index < -0.39 is 0 Å². The van der Waals surface area contributed by atoms with E-state index in [0.717, 1.165) is 11.3 Å². The number of nitrogens with one attached hydrogen (secondary N) is 2. The third-order valence-corrected chi connectivity index (χ3v) is 3.42. The van der Waals surface area contributed by atoms with E-state index in [1.165, 1.54) is 0 Å². The van der Waals surface area contributed by atoms with E-state index in [4.69, 9.17) is 11.6 Å². The molecular formula is C17H18ClN3O2. The van der Waals surface area contributed by atoms with Crippen LogP contribution in [0.3, 0.4) is 0 Å². The Bertz CT molecular complexity index is 645. The highest BCUT2D eigenvalue weighted by atomic mass is 35.5. The van der Waals surface area contributed by atoms with Gasteiger partial charge in [-0.1, -0.05) is 29.8 Å². The fourth-order valence-electron chi connectivity index (χ4n) is 1.96. The van der Waals surface area contributed by atoms with Crippen LogP contribution in [0.1, 0.15) is 17.7 Å². The minimum Gasteiger partial charge on any atom is -0.355 e. The summed E-state index contributed by atoms with van der Waals surface area (Å²) in [6.07, 6.45) is 2.16. The second kappa shape index (κ2) is 8.90. The summed E-state index contributed by atoms with van der Waals surface area (Å²) < 4.78 is 0. The molecule has 2 N–H and O–H groups in total. The highest BCUT2D eigenvalue weighted by Crippen LogP contribution is 2.09. The van der Waals surface area contributed by atoms with Gasteiger partial charge in [-0.05, 0) is 36.2 Å². The fourth-order valence-corrected chi connectivity index (χ4v) is 2.09. The Hall–Kier alpha value is -2.40. The number of nitrogens with zero attached hydrogens (tertiary/aromatic N) is 1. The van der Waals surface area contributed by atoms with Gasteiger partial charge in [-0.2, -0.15) is 0 Å². The van der Waals surface area contributed by atoms with E-state index in [-0.39, 0.29) is 18.2 Å². The number of benzene rings is 1. The van der Waals surface area contributed by atoms with Crippen molar-refractivity contribution in [2.75, 3.05) is 6.54 Å². The summed E-state index contributed by atoms with van der Waals surface area (Å²) in [6.45, 7) is 0.797. The lowest BCUT2D eigenvalue weighted by atomic mass is 10.1. The second-order valence-electron chi connectivity index (χ2n) is 5.00. The van der Waals surface area contributed by atoms with E-state index in [1.807, 2.05) is 36.4 Å². The van der Waals surface area contributed by atoms with Gasteiger partial charge in [-0.25, -0.2) is 0 Å². The number of carbonyl (C=O) groups excluding carboxylic acids is 2. The maximum atomic E-state index is 11.7. The SMILES string of the molecule is O=C(CC(=O)NCc1ccccn1)NCCc1ccc(Cl)cc1. The van der Waals surface area contributed by atoms with Crippen LogP contribution >= 0.6 is 11.6 Å². The van der Waals surface area contributed by atoms with Crippen LogP contribution in [0, 0.1) is 0 Å². The van der Waals surface area contributed by atoms with Gasteiger partial charge >= 0.3 is 0 Å². The molecule has 0 bridgehead atoms. The predicted octanol–water partition coefficient (Wildman–Crippen LogP) is 2.10. The van der Waals surface area contributed by atoms with Crippen LogP contribution < -0.4 is 10.6 Å². The minimum atomic E-state index is -0.320. The van der Waals surface area contributed by atoms with Crippen LogP contribution in [-0.4, -0.2) is 23.3 Å². The first kappa shape index (κ1) is 17.0. The lowest BCUT2D eigenvalue weighted by molar-refractivity contribution is -0.129. The molecule has 0 radical (unpaired) electrons. The van der Waals surface area contributed by atoms with E-state index in [1.54, 1.807) is 12.3 Å². The van der Waals surface area contributed by atoms with Crippen molar-refractivity contribution >= 4 is 23.4 Å². The first-order valence-corrected chi connectivity index (χ1v) is 7.69. The van der Waals surface area contributed by atoms with Crippen molar-refractivity contribution in [3.63, 3.8) is 0 Å². The summed E-state index contributed by atoms with van der Waals surface area (Å²) in [4.78, 5) is 27.5. The zero-order chi connectivity index (χ0) is 16.5. The highest BCUT2D eigenvalue weighted by Gasteiger charge is 2.08. The molecule has 6 heteroatoms. The lowest BCUT2D eigenvalue weighted by Crippen LogP contribution is -2.32. The lowest BCUT2D eigenvalue weighted by Gasteiger charge is -2.07. The molecular weight excluding hydrogens is 314 g/mol. The molecule has 0 unspecified atom stereocenters. The summed E-state index contributed by atoms with van der Waals surface area (Å²) in [5.74, 6) is -0.614. The second-order valence-corrected chi connectivity index (χ2v) is 5.44. The highest BCUT2D eigenvalue weighted by molar-refractivity contribution is 6.30. The van der Waals surface area contributed by atoms with Crippen LogP contribution in [0.15, 0.2) is 48.7 Å². The van der Waals surface area contributed by atoms with E-state index >= 15 is 0 Å². The van der Waals surface area contributed by atoms with Crippen molar-refractivity contribution in [3.8, 4) is 0 Å². The van der Waals surface area contributed by atoms with Crippen LogP contribution in [0.4, 0.5) is 0 Å². The van der Waals surface area contributed by atoms with Crippen molar-refractivity contribution in [1.29, 1.82) is 0 Å². The van der Waals surface area contributed by atoms with Gasteiger partial charge in [0.1, 0.15) is 6.42 Å². The summed E-state index contributed by atoms with van der Waals surface area (Å²) >= 11 is 5.81. The molecule has 1 aromatic carbocycles. The Morgan fingerprint density at radius 2 is 1.74 bits per heavy atom. The van der Waals surface area contributed by atoms with Crippen molar-refractivity contribution < 1.29 is 9.59 Å². The Labute approximate surface area is 140 Å². The molecule has 0 aliphatic heterocycles. The van der Waals surface area contributed by atoms with Crippen LogP contribution in [0.5, 0.6) is 0 Å². The molecule has 1 heterocycles. The summed E-state index contributed by atoms with van der Waals surface area (Å²) in [5.41, 5.74) is 1.83. The molecule has 0 spiro atoms. The average Bonchev–Trinajstić information content (AvgIpc) is 2.56. The first-order chi connectivity index (χ1) is 11.1. The Kier molecular flexibility index (Phi) is 6.56. The molecule has 0 aliphatic rings. The number of carbonyl (C=O) groups is 2. The smallest absolute Gasteiger partial charge is 0.229 e. The van der Waals surface area contributed by atoms with Crippen LogP contribution in [0.25, 0.3) is 0 Å². The maximum Gasteiger partial charge on any atom is 0.229 e. The molecule has 0 atom stereocenters. The minimum absolute atomic E-state index is 0.187. The number of amides is 2. The number of aromatic nitrogens is 1. The van der Waals surface area contributed by atoms with Gasteiger partial charge in [0.2, 0.25) is 11.8 Å². The quantitative estimate of drug-likeness (QED) is 0.763. The normalized spacial score (nSPS) is 10.1. The van der Waals surface area contributed by atoms with Gasteiger partial charge in [-0.3, -0.25) is 14.6 Å². The number of hydrogen-bond donors (Lipinski definition) is 2.